The standard InChI is InChI=1S/C25H22FNO4S/c1-16(2)14-31-20-10-8-17(9-11-20)22-23(32-15-21-7-4-12-30-21)25(29)27(24(22)28)19-6-3-5-18(26)13-19/h3-13,16H,14-15H2,1-2H3. The molecule has 4 rings (SSSR count). The van der Waals surface area contributed by atoms with Crippen LogP contribution in [0.25, 0.3) is 5.57 Å². The lowest BCUT2D eigenvalue weighted by atomic mass is 10.1. The molecule has 5 nitrogen and oxygen atoms in total. The molecule has 0 fully saturated rings. The Labute approximate surface area is 189 Å². The summed E-state index contributed by atoms with van der Waals surface area (Å²) in [5, 5.41) is 0. The summed E-state index contributed by atoms with van der Waals surface area (Å²) >= 11 is 1.23. The first kappa shape index (κ1) is 21.9. The fourth-order valence-electron chi connectivity index (χ4n) is 3.27. The van der Waals surface area contributed by atoms with Crippen molar-refractivity contribution in [1.82, 2.24) is 0 Å². The molecule has 1 aliphatic heterocycles. The van der Waals surface area contributed by atoms with E-state index in [9.17, 15) is 14.0 Å². The van der Waals surface area contributed by atoms with Crippen molar-refractivity contribution in [1.29, 1.82) is 0 Å². The first-order valence-electron chi connectivity index (χ1n) is 10.2. The molecule has 2 amide bonds. The maximum atomic E-state index is 13.8. The van der Waals surface area contributed by atoms with E-state index < -0.39 is 17.6 Å². The summed E-state index contributed by atoms with van der Waals surface area (Å²) in [6, 6.07) is 16.1. The number of nitrogens with zero attached hydrogens (tertiary/aromatic N) is 1. The average Bonchev–Trinajstić information content (AvgIpc) is 3.37. The fourth-order valence-corrected chi connectivity index (χ4v) is 4.28. The molecule has 32 heavy (non-hydrogen) atoms. The molecule has 1 aromatic heterocycles. The van der Waals surface area contributed by atoms with Gasteiger partial charge in [0.2, 0.25) is 0 Å². The number of ether oxygens (including phenoxy) is 1. The molecule has 2 aromatic carbocycles. The molecule has 0 spiro atoms. The number of carbonyl (C=O) groups excluding carboxylic acids is 2. The van der Waals surface area contributed by atoms with Gasteiger partial charge in [0.15, 0.2) is 0 Å². The van der Waals surface area contributed by atoms with Crippen molar-refractivity contribution in [2.24, 2.45) is 5.92 Å². The van der Waals surface area contributed by atoms with Crippen LogP contribution in [0.1, 0.15) is 25.2 Å². The lowest BCUT2D eigenvalue weighted by Gasteiger charge is -2.15. The minimum Gasteiger partial charge on any atom is -0.493 e. The summed E-state index contributed by atoms with van der Waals surface area (Å²) in [4.78, 5) is 27.9. The number of carbonyl (C=O) groups is 2. The predicted molar refractivity (Wildman–Crippen MR) is 123 cm³/mol. The van der Waals surface area contributed by atoms with Crippen LogP contribution in [0.2, 0.25) is 0 Å². The van der Waals surface area contributed by atoms with Gasteiger partial charge in [0, 0.05) is 0 Å². The zero-order valence-corrected chi connectivity index (χ0v) is 18.5. The van der Waals surface area contributed by atoms with Gasteiger partial charge in [0.05, 0.1) is 34.8 Å². The Morgan fingerprint density at radius 3 is 2.47 bits per heavy atom. The molecule has 7 heteroatoms. The molecule has 0 atom stereocenters. The molecule has 0 saturated carbocycles. The van der Waals surface area contributed by atoms with Gasteiger partial charge in [-0.2, -0.15) is 0 Å². The number of benzene rings is 2. The van der Waals surface area contributed by atoms with Crippen molar-refractivity contribution < 1.29 is 23.1 Å². The molecule has 3 aromatic rings. The molecular weight excluding hydrogens is 429 g/mol. The second-order valence-electron chi connectivity index (χ2n) is 7.73. The SMILES string of the molecule is CC(C)COc1ccc(C2=C(SCc3ccco3)C(=O)N(c3cccc(F)c3)C2=O)cc1. The van der Waals surface area contributed by atoms with Crippen LogP contribution in [0.3, 0.4) is 0 Å². The second kappa shape index (κ2) is 9.44. The summed E-state index contributed by atoms with van der Waals surface area (Å²) in [5.74, 6) is 0.655. The summed E-state index contributed by atoms with van der Waals surface area (Å²) in [5.41, 5.74) is 1.08. The van der Waals surface area contributed by atoms with E-state index in [1.807, 2.05) is 0 Å². The van der Waals surface area contributed by atoms with Crippen molar-refractivity contribution in [2.75, 3.05) is 11.5 Å². The maximum Gasteiger partial charge on any atom is 0.272 e. The number of rotatable bonds is 8. The second-order valence-corrected chi connectivity index (χ2v) is 8.71. The molecule has 0 aliphatic carbocycles. The molecule has 2 heterocycles. The van der Waals surface area contributed by atoms with Crippen LogP contribution in [-0.4, -0.2) is 18.4 Å². The third-order valence-corrected chi connectivity index (χ3v) is 5.87. The van der Waals surface area contributed by atoms with Crippen molar-refractivity contribution in [3.63, 3.8) is 0 Å². The summed E-state index contributed by atoms with van der Waals surface area (Å²) in [6.07, 6.45) is 1.56. The Morgan fingerprint density at radius 2 is 1.81 bits per heavy atom. The lowest BCUT2D eigenvalue weighted by molar-refractivity contribution is -0.119. The van der Waals surface area contributed by atoms with Crippen LogP contribution in [0, 0.1) is 11.7 Å². The Balaban J connectivity index is 1.68. The van der Waals surface area contributed by atoms with Crippen molar-refractivity contribution in [3.8, 4) is 5.75 Å². The first-order chi connectivity index (χ1) is 15.4. The van der Waals surface area contributed by atoms with E-state index in [4.69, 9.17) is 9.15 Å². The third-order valence-electron chi connectivity index (χ3n) is 4.77. The largest absolute Gasteiger partial charge is 0.493 e. The van der Waals surface area contributed by atoms with Gasteiger partial charge in [-0.25, -0.2) is 9.29 Å². The smallest absolute Gasteiger partial charge is 0.272 e. The lowest BCUT2D eigenvalue weighted by Crippen LogP contribution is -2.31. The quantitative estimate of drug-likeness (QED) is 0.413. The third kappa shape index (κ3) is 4.62. The number of furan rings is 1. The van der Waals surface area contributed by atoms with E-state index in [0.29, 0.717) is 40.3 Å². The van der Waals surface area contributed by atoms with Crippen molar-refractivity contribution >= 4 is 34.8 Å². The summed E-state index contributed by atoms with van der Waals surface area (Å²) in [6.45, 7) is 4.70. The molecule has 0 bridgehead atoms. The van der Waals surface area contributed by atoms with Crippen molar-refractivity contribution in [2.45, 2.75) is 19.6 Å². The normalized spacial score (nSPS) is 14.1. The topological polar surface area (TPSA) is 59.8 Å². The van der Waals surface area contributed by atoms with E-state index in [2.05, 4.69) is 13.8 Å². The monoisotopic (exact) mass is 451 g/mol. The van der Waals surface area contributed by atoms with Gasteiger partial charge in [0.1, 0.15) is 17.3 Å². The molecule has 0 N–H and O–H groups in total. The number of amides is 2. The highest BCUT2D eigenvalue weighted by Crippen LogP contribution is 2.40. The van der Waals surface area contributed by atoms with E-state index >= 15 is 0 Å². The Kier molecular flexibility index (Phi) is 6.46. The van der Waals surface area contributed by atoms with Gasteiger partial charge in [-0.3, -0.25) is 9.59 Å². The maximum absolute atomic E-state index is 13.8. The average molecular weight is 452 g/mol. The number of imide groups is 1. The number of halogens is 1. The molecule has 0 radical (unpaired) electrons. The van der Waals surface area contributed by atoms with Gasteiger partial charge in [-0.05, 0) is 53.9 Å². The van der Waals surface area contributed by atoms with Crippen LogP contribution in [-0.2, 0) is 15.3 Å². The predicted octanol–water partition coefficient (Wildman–Crippen LogP) is 5.67. The number of thioether (sulfide) groups is 1. The van der Waals surface area contributed by atoms with E-state index in [1.165, 1.54) is 30.0 Å². The van der Waals surface area contributed by atoms with Crippen LogP contribution in [0.15, 0.2) is 76.2 Å². The Bertz CT molecular complexity index is 1150. The van der Waals surface area contributed by atoms with Crippen LogP contribution in [0.4, 0.5) is 10.1 Å². The highest BCUT2D eigenvalue weighted by Gasteiger charge is 2.40. The number of hydrogen-bond acceptors (Lipinski definition) is 5. The fraction of sp³-hybridized carbons (Fsp3) is 0.200. The van der Waals surface area contributed by atoms with Crippen molar-refractivity contribution in [3.05, 3.63) is 89.0 Å². The summed E-state index contributed by atoms with van der Waals surface area (Å²) < 4.78 is 24.9. The minimum atomic E-state index is -0.520. The Morgan fingerprint density at radius 1 is 1.03 bits per heavy atom. The van der Waals surface area contributed by atoms with Crippen LogP contribution >= 0.6 is 11.8 Å². The van der Waals surface area contributed by atoms with Gasteiger partial charge >= 0.3 is 0 Å². The zero-order valence-electron chi connectivity index (χ0n) is 17.7. The Hall–Kier alpha value is -3.32. The number of anilines is 1. The number of hydrogen-bond donors (Lipinski definition) is 0. The highest BCUT2D eigenvalue weighted by atomic mass is 32.2. The molecule has 164 valence electrons. The van der Waals surface area contributed by atoms with E-state index in [-0.39, 0.29) is 11.3 Å². The molecule has 0 saturated heterocycles. The minimum absolute atomic E-state index is 0.197. The van der Waals surface area contributed by atoms with Crippen LogP contribution < -0.4 is 9.64 Å². The molecule has 0 unspecified atom stereocenters. The van der Waals surface area contributed by atoms with Crippen LogP contribution in [0.5, 0.6) is 5.75 Å². The van der Waals surface area contributed by atoms with E-state index in [1.54, 1.807) is 48.7 Å². The van der Waals surface area contributed by atoms with Gasteiger partial charge in [-0.1, -0.05) is 32.0 Å². The van der Waals surface area contributed by atoms with E-state index in [0.717, 1.165) is 4.90 Å². The van der Waals surface area contributed by atoms with Gasteiger partial charge in [-0.15, -0.1) is 11.8 Å². The zero-order chi connectivity index (χ0) is 22.7. The first-order valence-corrected chi connectivity index (χ1v) is 11.2. The van der Waals surface area contributed by atoms with Gasteiger partial charge in [0.25, 0.3) is 11.8 Å². The highest BCUT2D eigenvalue weighted by molar-refractivity contribution is 8.03. The molecular formula is C25H22FNO4S. The molecule has 1 aliphatic rings. The van der Waals surface area contributed by atoms with Gasteiger partial charge < -0.3 is 9.15 Å². The summed E-state index contributed by atoms with van der Waals surface area (Å²) in [7, 11) is 0.